The molecule has 3 aliphatic rings. The molecule has 0 radical (unpaired) electrons. The van der Waals surface area contributed by atoms with Crippen LogP contribution in [0.3, 0.4) is 0 Å². The summed E-state index contributed by atoms with van der Waals surface area (Å²) in [6, 6.07) is 50.4. The van der Waals surface area contributed by atoms with Crippen LogP contribution in [0.5, 0.6) is 0 Å². The molecule has 3 saturated heterocycles. The monoisotopic (exact) mass is 1020 g/mol. The molecule has 0 saturated carbocycles. The Morgan fingerprint density at radius 3 is 1.09 bits per heavy atom. The summed E-state index contributed by atoms with van der Waals surface area (Å²) in [5, 5.41) is 61.9. The number of rotatable bonds is 14. The molecular formula is C56H58O18. The number of hydrogen-bond donors (Lipinski definition) is 7. The first-order valence-corrected chi connectivity index (χ1v) is 23.5. The van der Waals surface area contributed by atoms with Gasteiger partial charge in [0, 0.05) is 14.2 Å². The number of benzene rings is 6. The summed E-state index contributed by atoms with van der Waals surface area (Å²) in [6.45, 7) is -1.03. The van der Waals surface area contributed by atoms with Gasteiger partial charge in [0.05, 0.1) is 29.9 Å². The van der Waals surface area contributed by atoms with Crippen LogP contribution in [-0.4, -0.2) is 161 Å². The fraction of sp³-hybridized carbons (Fsp3) is 0.304. The SMILES string of the molecule is COC1O[C@@H](CO)[C@H](O)[C@H]1O.COC1O[C@@H](COC(=O)c2ccc(-c3ccccc3)cc2)[C@H](OC(=O)c2ccc(-c3ccccc3)cc2)[C@H]1OC(=O)c1ccc(-c2ccccc2)cc1.OC[C@@H]1OC(O)[C@H](O)[C@H]1O. The van der Waals surface area contributed by atoms with Crippen molar-refractivity contribution in [1.82, 2.24) is 0 Å². The minimum absolute atomic E-state index is 0.279. The maximum absolute atomic E-state index is 13.6. The summed E-state index contributed by atoms with van der Waals surface area (Å²) >= 11 is 0. The number of aliphatic hydroxyl groups is 7. The molecule has 3 heterocycles. The third-order valence-corrected chi connectivity index (χ3v) is 12.3. The highest BCUT2D eigenvalue weighted by Crippen LogP contribution is 2.31. The molecule has 9 rings (SSSR count). The number of carbonyl (C=O) groups is 3. The van der Waals surface area contributed by atoms with Gasteiger partial charge in [-0.3, -0.25) is 0 Å². The van der Waals surface area contributed by atoms with E-state index in [0.29, 0.717) is 5.56 Å². The molecule has 6 aromatic rings. The maximum Gasteiger partial charge on any atom is 0.338 e. The fourth-order valence-electron chi connectivity index (χ4n) is 8.14. The Bertz CT molecular complexity index is 2660. The van der Waals surface area contributed by atoms with Crippen LogP contribution >= 0.6 is 0 Å². The van der Waals surface area contributed by atoms with Crippen LogP contribution in [0.15, 0.2) is 164 Å². The van der Waals surface area contributed by atoms with Crippen molar-refractivity contribution in [1.29, 1.82) is 0 Å². The first-order valence-electron chi connectivity index (χ1n) is 23.5. The summed E-state index contributed by atoms with van der Waals surface area (Å²) in [6.07, 6.45) is -13.0. The Labute approximate surface area is 426 Å². The van der Waals surface area contributed by atoms with Gasteiger partial charge in [-0.1, -0.05) is 127 Å². The summed E-state index contributed by atoms with van der Waals surface area (Å²) in [4.78, 5) is 40.3. The molecule has 390 valence electrons. The minimum Gasteiger partial charge on any atom is -0.459 e. The van der Waals surface area contributed by atoms with E-state index in [1.54, 1.807) is 36.4 Å². The van der Waals surface area contributed by atoms with Gasteiger partial charge in [-0.15, -0.1) is 0 Å². The Balaban J connectivity index is 0.000000314. The third kappa shape index (κ3) is 13.7. The van der Waals surface area contributed by atoms with Gasteiger partial charge < -0.3 is 73.6 Å². The van der Waals surface area contributed by atoms with E-state index in [1.165, 1.54) is 14.2 Å². The largest absolute Gasteiger partial charge is 0.459 e. The van der Waals surface area contributed by atoms with E-state index in [9.17, 15) is 14.4 Å². The summed E-state index contributed by atoms with van der Waals surface area (Å²) in [7, 11) is 2.75. The zero-order chi connectivity index (χ0) is 52.7. The van der Waals surface area contributed by atoms with Crippen molar-refractivity contribution in [2.75, 3.05) is 34.0 Å². The molecule has 0 bridgehead atoms. The van der Waals surface area contributed by atoms with Crippen LogP contribution in [0.2, 0.25) is 0 Å². The average molecular weight is 1020 g/mol. The van der Waals surface area contributed by atoms with Crippen molar-refractivity contribution in [2.24, 2.45) is 0 Å². The fourth-order valence-corrected chi connectivity index (χ4v) is 8.14. The zero-order valence-electron chi connectivity index (χ0n) is 40.3. The van der Waals surface area contributed by atoms with Crippen LogP contribution < -0.4 is 0 Å². The van der Waals surface area contributed by atoms with Gasteiger partial charge in [-0.2, -0.15) is 0 Å². The van der Waals surface area contributed by atoms with Crippen molar-refractivity contribution in [2.45, 2.75) is 73.8 Å². The molecule has 0 amide bonds. The molecule has 0 aliphatic carbocycles. The second-order valence-electron chi connectivity index (χ2n) is 17.1. The molecule has 18 heteroatoms. The van der Waals surface area contributed by atoms with Gasteiger partial charge in [0.25, 0.3) is 0 Å². The van der Waals surface area contributed by atoms with Crippen molar-refractivity contribution in [3.63, 3.8) is 0 Å². The maximum atomic E-state index is 13.6. The molecule has 12 atom stereocenters. The van der Waals surface area contributed by atoms with E-state index in [-0.39, 0.29) is 24.3 Å². The molecule has 18 nitrogen and oxygen atoms in total. The highest BCUT2D eigenvalue weighted by molar-refractivity contribution is 5.92. The van der Waals surface area contributed by atoms with Crippen LogP contribution in [0.1, 0.15) is 31.1 Å². The van der Waals surface area contributed by atoms with Crippen LogP contribution in [-0.2, 0) is 37.9 Å². The minimum atomic E-state index is -1.38. The molecule has 3 unspecified atom stereocenters. The van der Waals surface area contributed by atoms with Gasteiger partial charge >= 0.3 is 17.9 Å². The van der Waals surface area contributed by atoms with Crippen molar-refractivity contribution in [3.8, 4) is 33.4 Å². The van der Waals surface area contributed by atoms with Gasteiger partial charge in [-0.25, -0.2) is 14.4 Å². The second kappa shape index (κ2) is 26.5. The molecule has 3 aliphatic heterocycles. The lowest BCUT2D eigenvalue weighted by atomic mass is 10.0. The van der Waals surface area contributed by atoms with Gasteiger partial charge in [0.15, 0.2) is 31.1 Å². The summed E-state index contributed by atoms with van der Waals surface area (Å²) in [5.74, 6) is -1.93. The number of carbonyl (C=O) groups excluding carboxylic acids is 3. The predicted molar refractivity (Wildman–Crippen MR) is 265 cm³/mol. The van der Waals surface area contributed by atoms with Crippen molar-refractivity contribution < 1.29 is 88.0 Å². The highest BCUT2D eigenvalue weighted by atomic mass is 16.7. The molecule has 74 heavy (non-hydrogen) atoms. The first-order chi connectivity index (χ1) is 35.8. The first kappa shape index (κ1) is 55.0. The van der Waals surface area contributed by atoms with Crippen LogP contribution in [0, 0.1) is 0 Å². The molecule has 6 aromatic carbocycles. The van der Waals surface area contributed by atoms with E-state index in [0.717, 1.165) is 33.4 Å². The van der Waals surface area contributed by atoms with Gasteiger partial charge in [-0.05, 0) is 69.8 Å². The number of ether oxygens (including phenoxy) is 8. The average Bonchev–Trinajstić information content (AvgIpc) is 4.03. The van der Waals surface area contributed by atoms with Crippen molar-refractivity contribution in [3.05, 3.63) is 180 Å². The standard InChI is InChI=1S/C45H36O8.C6H12O5.C5H10O5/c1-49-45-41(53-44(48)38-27-21-35(22-28-38)32-15-9-4-10-16-32)40(52-43(47)37-25-19-34(20-26-37)31-13-7-3-8-14-31)39(51-45)29-50-42(46)36-23-17-33(18-24-36)30-11-5-2-6-12-30;1-10-6-5(9)4(8)3(2-7)11-6;6-1-2-3(7)4(8)5(9)10-2/h2-28,39-41,45H,29H2,1H3;3-9H,2H2,1H3;2-9H,1H2/t39-,40-,41+,45?;3-,4-,5+,6?;2-,3-,4+,5?/m000/s1. The number of methoxy groups -OCH3 is 2. The Morgan fingerprint density at radius 2 is 0.757 bits per heavy atom. The Hall–Kier alpha value is -6.75. The molecule has 0 aromatic heterocycles. The number of hydrogen-bond acceptors (Lipinski definition) is 18. The highest BCUT2D eigenvalue weighted by Gasteiger charge is 2.51. The predicted octanol–water partition coefficient (Wildman–Crippen LogP) is 4.16. The van der Waals surface area contributed by atoms with Gasteiger partial charge in [0.1, 0.15) is 49.3 Å². The lowest BCUT2D eigenvalue weighted by Gasteiger charge is -2.24. The second-order valence-corrected chi connectivity index (χ2v) is 17.1. The van der Waals surface area contributed by atoms with Crippen LogP contribution in [0.4, 0.5) is 0 Å². The van der Waals surface area contributed by atoms with E-state index in [4.69, 9.17) is 64.2 Å². The number of esters is 3. The van der Waals surface area contributed by atoms with E-state index >= 15 is 0 Å². The number of aliphatic hydroxyl groups excluding tert-OH is 7. The lowest BCUT2D eigenvalue weighted by Crippen LogP contribution is -2.42. The summed E-state index contributed by atoms with van der Waals surface area (Å²) in [5.41, 5.74) is 6.73. The molecule has 0 spiro atoms. The Kier molecular flexibility index (Phi) is 19.7. The Morgan fingerprint density at radius 1 is 0.405 bits per heavy atom. The normalized spacial score (nSPS) is 25.9. The lowest BCUT2D eigenvalue weighted by molar-refractivity contribution is -0.155. The molecule has 7 N–H and O–H groups in total. The van der Waals surface area contributed by atoms with E-state index in [2.05, 4.69) is 9.47 Å². The van der Waals surface area contributed by atoms with E-state index in [1.807, 2.05) is 127 Å². The van der Waals surface area contributed by atoms with Crippen LogP contribution in [0.25, 0.3) is 33.4 Å². The quantitative estimate of drug-likeness (QED) is 0.0597. The van der Waals surface area contributed by atoms with Crippen molar-refractivity contribution >= 4 is 17.9 Å². The zero-order valence-corrected chi connectivity index (χ0v) is 40.3. The summed E-state index contributed by atoms with van der Waals surface area (Å²) < 4.78 is 43.4. The van der Waals surface area contributed by atoms with Gasteiger partial charge in [0.2, 0.25) is 0 Å². The molecular weight excluding hydrogens is 961 g/mol. The smallest absolute Gasteiger partial charge is 0.338 e. The van der Waals surface area contributed by atoms with E-state index < -0.39 is 98.3 Å². The third-order valence-electron chi connectivity index (χ3n) is 12.3. The molecule has 3 fully saturated rings. The topological polar surface area (TPSA) is 267 Å².